The molecular weight excluding hydrogens is 1370 g/mol. The SMILES string of the molecule is CC(=O)C(C)c1ccc2cc(O)ccc2c1.CCCc1cc(-c2ccc(F)cc2)n(-c2ccc(S(N)(=O)=O)cc2)n1.CNCc1c(C)n(C(=O)c2ccc(Cl)cc2)c2ccc(C)cc12.COc1ccc2c(c1)c(CC=O)c(C)n2C(=O)c1ccc(Cl)cc1.COc1ccc2cc(C(C)C=O)ccc2c1. The summed E-state index contributed by atoms with van der Waals surface area (Å²) >= 11 is 11.8. The van der Waals surface area contributed by atoms with Gasteiger partial charge in [-0.05, 0) is 243 Å². The van der Waals surface area contributed by atoms with Gasteiger partial charge < -0.3 is 29.5 Å². The first kappa shape index (κ1) is 77.3. The number of aromatic nitrogens is 4. The molecule has 3 aromatic heterocycles. The van der Waals surface area contributed by atoms with Gasteiger partial charge in [0, 0.05) is 73.7 Å². The molecule has 13 aromatic rings. The monoisotopic (exact) mass is 1450 g/mol. The summed E-state index contributed by atoms with van der Waals surface area (Å²) < 4.78 is 51.6. The maximum absolute atomic E-state index is 13.2. The molecule has 3 heterocycles. The number of nitrogens with one attached hydrogen (secondary N) is 1. The number of aryl methyl sites for hydroxylation is 2. The number of carbonyl (C=O) groups excluding carboxylic acids is 5. The van der Waals surface area contributed by atoms with E-state index in [-0.39, 0.29) is 52.3 Å². The predicted molar refractivity (Wildman–Crippen MR) is 414 cm³/mol. The molecule has 0 amide bonds. The fraction of sp³-hybridized carbons (Fsp3) is 0.190. The molecule has 13 rings (SSSR count). The van der Waals surface area contributed by atoms with Gasteiger partial charge in [-0.15, -0.1) is 0 Å². The molecule has 534 valence electrons. The molecule has 0 fully saturated rings. The van der Waals surface area contributed by atoms with Crippen molar-refractivity contribution in [1.29, 1.82) is 0 Å². The quantitative estimate of drug-likeness (QED) is 0.0724. The van der Waals surface area contributed by atoms with Crippen molar-refractivity contribution < 1.29 is 51.4 Å². The second-order valence-corrected chi connectivity index (χ2v) is 27.4. The lowest BCUT2D eigenvalue weighted by Crippen LogP contribution is -2.14. The Kier molecular flexibility index (Phi) is 25.9. The van der Waals surface area contributed by atoms with Gasteiger partial charge in [0.25, 0.3) is 11.8 Å². The fourth-order valence-corrected chi connectivity index (χ4v) is 12.8. The van der Waals surface area contributed by atoms with Crippen molar-refractivity contribution in [2.75, 3.05) is 21.3 Å². The number of nitrogens with zero attached hydrogens (tertiary/aromatic N) is 4. The van der Waals surface area contributed by atoms with E-state index in [1.165, 1.54) is 29.8 Å². The lowest BCUT2D eigenvalue weighted by molar-refractivity contribution is -0.118. The molecule has 16 nitrogen and oxygen atoms in total. The van der Waals surface area contributed by atoms with Gasteiger partial charge in [0.2, 0.25) is 10.0 Å². The average Bonchev–Trinajstić information content (AvgIpc) is 1.60. The first-order valence-electron chi connectivity index (χ1n) is 33.5. The number of benzene rings is 10. The number of Topliss-reactive ketones (excluding diaryl/α,β-unsaturated/α-hetero) is 1. The van der Waals surface area contributed by atoms with E-state index in [0.29, 0.717) is 32.6 Å². The topological polar surface area (TPSA) is 224 Å². The van der Waals surface area contributed by atoms with E-state index in [1.54, 1.807) is 126 Å². The van der Waals surface area contributed by atoms with Crippen LogP contribution in [0.3, 0.4) is 0 Å². The summed E-state index contributed by atoms with van der Waals surface area (Å²) in [6, 6.07) is 62.9. The number of hydrogen-bond donors (Lipinski definition) is 3. The molecule has 2 unspecified atom stereocenters. The number of phenols is 1. The van der Waals surface area contributed by atoms with Crippen molar-refractivity contribution in [2.45, 2.75) is 91.0 Å². The molecule has 0 aliphatic carbocycles. The third kappa shape index (κ3) is 18.5. The van der Waals surface area contributed by atoms with E-state index < -0.39 is 10.0 Å². The van der Waals surface area contributed by atoms with Gasteiger partial charge in [0.1, 0.15) is 41.4 Å². The zero-order valence-corrected chi connectivity index (χ0v) is 61.7. The van der Waals surface area contributed by atoms with E-state index in [2.05, 4.69) is 30.3 Å². The van der Waals surface area contributed by atoms with Gasteiger partial charge in [-0.25, -0.2) is 22.6 Å². The summed E-state index contributed by atoms with van der Waals surface area (Å²) in [5.41, 5.74) is 13.1. The Morgan fingerprint density at radius 2 is 1.13 bits per heavy atom. The number of nitrogens with two attached hydrogens (primary N) is 1. The summed E-state index contributed by atoms with van der Waals surface area (Å²) in [7, 11) is 1.42. The molecule has 10 aromatic carbocycles. The van der Waals surface area contributed by atoms with Gasteiger partial charge in [-0.1, -0.05) is 111 Å². The predicted octanol–water partition coefficient (Wildman–Crippen LogP) is 18.0. The molecule has 0 bridgehead atoms. The van der Waals surface area contributed by atoms with Gasteiger partial charge in [-0.2, -0.15) is 5.10 Å². The first-order valence-corrected chi connectivity index (χ1v) is 35.8. The molecule has 2 atom stereocenters. The summed E-state index contributed by atoms with van der Waals surface area (Å²) in [4.78, 5) is 59.1. The number of sulfonamides is 1. The fourth-order valence-electron chi connectivity index (χ4n) is 12.0. The van der Waals surface area contributed by atoms with Crippen LogP contribution in [0.15, 0.2) is 217 Å². The minimum atomic E-state index is -3.74. The Balaban J connectivity index is 0.000000153. The normalized spacial score (nSPS) is 11.6. The summed E-state index contributed by atoms with van der Waals surface area (Å²) in [5.74, 6) is 1.35. The maximum atomic E-state index is 13.2. The van der Waals surface area contributed by atoms with Crippen molar-refractivity contribution in [3.8, 4) is 34.2 Å². The zero-order chi connectivity index (χ0) is 75.1. The first-order chi connectivity index (χ1) is 49.8. The van der Waals surface area contributed by atoms with Crippen molar-refractivity contribution in [3.63, 3.8) is 0 Å². The molecule has 0 aliphatic heterocycles. The molecule has 0 saturated heterocycles. The van der Waals surface area contributed by atoms with E-state index >= 15 is 0 Å². The van der Waals surface area contributed by atoms with Crippen molar-refractivity contribution in [1.82, 2.24) is 24.2 Å². The molecule has 20 heteroatoms. The third-order valence-corrected chi connectivity index (χ3v) is 19.3. The number of halogens is 3. The second-order valence-electron chi connectivity index (χ2n) is 25.0. The molecular formula is C84H81Cl2FN6O10S. The number of aldehydes is 2. The Morgan fingerprint density at radius 1 is 0.625 bits per heavy atom. The van der Waals surface area contributed by atoms with Crippen LogP contribution in [0.1, 0.15) is 112 Å². The Bertz CT molecular complexity index is 5380. The van der Waals surface area contributed by atoms with Crippen LogP contribution in [0.5, 0.6) is 17.2 Å². The van der Waals surface area contributed by atoms with Crippen LogP contribution in [0.25, 0.3) is 60.3 Å². The van der Waals surface area contributed by atoms with E-state index in [0.717, 1.165) is 132 Å². The van der Waals surface area contributed by atoms with Gasteiger partial charge >= 0.3 is 0 Å². The standard InChI is InChI=1S/C19H19ClN2O.C19H16ClNO3.C18H18FN3O2S.2C14H14O2/c1-12-4-9-18-16(10-12)17(11-21-3)13(2)22(18)19(23)14-5-7-15(20)8-6-14;1-12-16(9-10-22)17-11-15(24-2)7-8-18(17)21(12)19(23)13-3-5-14(20)6-4-13;1-2-3-15-12-18(13-4-6-14(19)7-5-13)22(21-15)16-8-10-17(11-9-16)25(20,23)24;1-10(9-15)11-3-4-13-8-14(16-2)6-5-12(13)7-11;1-9(10(2)15)11-3-4-13-8-14(16)6-5-12(13)7-11/h4-10,21H,11H2,1-3H3;3-8,10-11H,9H2,1-2H3;4-12H,2-3H2,1H3,(H2,20,23,24);3-10H,1-2H3;3-9,16H,1-2H3. The highest BCUT2D eigenvalue weighted by molar-refractivity contribution is 7.89. The summed E-state index contributed by atoms with van der Waals surface area (Å²) in [5, 5.41) is 29.7. The Morgan fingerprint density at radius 3 is 1.68 bits per heavy atom. The minimum absolute atomic E-state index is 0.0321. The number of fused-ring (bicyclic) bond motifs is 4. The average molecular weight is 1460 g/mol. The number of aromatic hydroxyl groups is 1. The van der Waals surface area contributed by atoms with Gasteiger partial charge in [0.05, 0.1) is 47.2 Å². The van der Waals surface area contributed by atoms with Crippen LogP contribution in [0, 0.1) is 26.6 Å². The minimum Gasteiger partial charge on any atom is -0.508 e. The smallest absolute Gasteiger partial charge is 0.262 e. The van der Waals surface area contributed by atoms with Gasteiger partial charge in [0.15, 0.2) is 0 Å². The van der Waals surface area contributed by atoms with E-state index in [4.69, 9.17) is 37.8 Å². The number of carbonyl (C=O) groups is 5. The number of hydrogen-bond acceptors (Lipinski definition) is 12. The van der Waals surface area contributed by atoms with Crippen molar-refractivity contribution >= 4 is 107 Å². The zero-order valence-electron chi connectivity index (χ0n) is 59.4. The molecule has 0 spiro atoms. The highest BCUT2D eigenvalue weighted by Crippen LogP contribution is 2.34. The summed E-state index contributed by atoms with van der Waals surface area (Å²) in [6.07, 6.45) is 3.82. The number of methoxy groups -OCH3 is 2. The largest absolute Gasteiger partial charge is 0.508 e. The molecule has 104 heavy (non-hydrogen) atoms. The second kappa shape index (κ2) is 34.9. The number of ketones is 1. The van der Waals surface area contributed by atoms with Crippen LogP contribution < -0.4 is 19.9 Å². The summed E-state index contributed by atoms with van der Waals surface area (Å²) in [6.45, 7) is 14.1. The van der Waals surface area contributed by atoms with Crippen LogP contribution in [-0.4, -0.2) is 83.9 Å². The maximum Gasteiger partial charge on any atom is 0.262 e. The van der Waals surface area contributed by atoms with Crippen LogP contribution in [0.4, 0.5) is 4.39 Å². The van der Waals surface area contributed by atoms with E-state index in [9.17, 15) is 41.9 Å². The molecule has 0 radical (unpaired) electrons. The van der Waals surface area contributed by atoms with Crippen LogP contribution >= 0.6 is 23.2 Å². The van der Waals surface area contributed by atoms with Gasteiger partial charge in [-0.3, -0.25) is 23.5 Å². The Labute approximate surface area is 614 Å². The third-order valence-electron chi connectivity index (χ3n) is 17.8. The Hall–Kier alpha value is -10.9. The molecule has 0 saturated carbocycles. The lowest BCUT2D eigenvalue weighted by Gasteiger charge is -2.09. The van der Waals surface area contributed by atoms with E-state index in [1.807, 2.05) is 126 Å². The number of rotatable bonds is 17. The molecule has 4 N–H and O–H groups in total. The highest BCUT2D eigenvalue weighted by Gasteiger charge is 2.23. The van der Waals surface area contributed by atoms with Crippen molar-refractivity contribution in [3.05, 3.63) is 284 Å². The number of phenolic OH excluding ortho intramolecular Hbond substituents is 1. The number of primary sulfonamides is 1. The lowest BCUT2D eigenvalue weighted by atomic mass is 9.95. The molecule has 0 aliphatic rings. The van der Waals surface area contributed by atoms with Crippen molar-refractivity contribution in [2.24, 2.45) is 5.14 Å². The highest BCUT2D eigenvalue weighted by atomic mass is 35.5. The number of ether oxygens (including phenoxy) is 2. The van der Waals surface area contributed by atoms with Crippen LogP contribution in [0.2, 0.25) is 10.0 Å². The van der Waals surface area contributed by atoms with Crippen LogP contribution in [-0.2, 0) is 43.8 Å².